The van der Waals surface area contributed by atoms with E-state index < -0.39 is 28.9 Å². The fourth-order valence-corrected chi connectivity index (χ4v) is 1.91. The van der Waals surface area contributed by atoms with Gasteiger partial charge < -0.3 is 10.2 Å². The molecule has 0 unspecified atom stereocenters. The summed E-state index contributed by atoms with van der Waals surface area (Å²) in [4.78, 5) is 13.4. The van der Waals surface area contributed by atoms with Gasteiger partial charge in [-0.2, -0.15) is 0 Å². The number of hydrogen-bond donors (Lipinski definition) is 1. The molecule has 7 heteroatoms. The molecule has 1 aliphatic heterocycles. The molecule has 1 aromatic rings. The van der Waals surface area contributed by atoms with E-state index in [2.05, 4.69) is 5.32 Å². The Morgan fingerprint density at radius 3 is 2.58 bits per heavy atom. The van der Waals surface area contributed by atoms with Crippen molar-refractivity contribution in [1.82, 2.24) is 10.2 Å². The van der Waals surface area contributed by atoms with Crippen LogP contribution in [-0.2, 0) is 0 Å². The van der Waals surface area contributed by atoms with E-state index in [0.29, 0.717) is 19.6 Å². The second-order valence-electron chi connectivity index (χ2n) is 4.12. The third-order valence-corrected chi connectivity index (χ3v) is 2.89. The van der Waals surface area contributed by atoms with Crippen LogP contribution in [0, 0.1) is 17.5 Å². The molecule has 0 atom stereocenters. The summed E-state index contributed by atoms with van der Waals surface area (Å²) >= 11 is 0. The number of halogens is 4. The maximum Gasteiger partial charge on any atom is 0.256 e. The van der Waals surface area contributed by atoms with E-state index in [-0.39, 0.29) is 12.4 Å². The predicted molar refractivity (Wildman–Crippen MR) is 67.0 cm³/mol. The van der Waals surface area contributed by atoms with E-state index in [9.17, 15) is 18.0 Å². The monoisotopic (exact) mass is 294 g/mol. The highest BCUT2D eigenvalue weighted by atomic mass is 35.5. The highest BCUT2D eigenvalue weighted by molar-refractivity contribution is 5.94. The topological polar surface area (TPSA) is 32.3 Å². The lowest BCUT2D eigenvalue weighted by Crippen LogP contribution is -2.34. The summed E-state index contributed by atoms with van der Waals surface area (Å²) in [6.07, 6.45) is 0.747. The molecular weight excluding hydrogens is 281 g/mol. The number of rotatable bonds is 1. The van der Waals surface area contributed by atoms with Crippen molar-refractivity contribution in [3.63, 3.8) is 0 Å². The zero-order valence-corrected chi connectivity index (χ0v) is 10.9. The second-order valence-corrected chi connectivity index (χ2v) is 4.12. The molecule has 2 rings (SSSR count). The Labute approximate surface area is 115 Å². The van der Waals surface area contributed by atoms with Gasteiger partial charge in [0.05, 0.1) is 5.56 Å². The van der Waals surface area contributed by atoms with Crippen LogP contribution in [0.3, 0.4) is 0 Å². The SMILES string of the molecule is Cl.O=C(c1ccc(F)c(F)c1F)N1CCCNCC1. The fourth-order valence-electron chi connectivity index (χ4n) is 1.91. The molecule has 1 N–H and O–H groups in total. The Morgan fingerprint density at radius 2 is 1.84 bits per heavy atom. The van der Waals surface area contributed by atoms with Crippen LogP contribution in [-0.4, -0.2) is 37.0 Å². The van der Waals surface area contributed by atoms with Crippen molar-refractivity contribution in [3.05, 3.63) is 35.1 Å². The first-order chi connectivity index (χ1) is 8.61. The largest absolute Gasteiger partial charge is 0.337 e. The predicted octanol–water partition coefficient (Wildman–Crippen LogP) is 1.96. The molecule has 0 saturated carbocycles. The van der Waals surface area contributed by atoms with Gasteiger partial charge in [0.25, 0.3) is 5.91 Å². The number of nitrogens with zero attached hydrogens (tertiary/aromatic N) is 1. The molecule has 0 spiro atoms. The molecule has 1 heterocycles. The zero-order valence-electron chi connectivity index (χ0n) is 10.1. The molecule has 19 heavy (non-hydrogen) atoms. The third-order valence-electron chi connectivity index (χ3n) is 2.89. The zero-order chi connectivity index (χ0) is 13.1. The van der Waals surface area contributed by atoms with Crippen molar-refractivity contribution in [2.75, 3.05) is 26.2 Å². The Morgan fingerprint density at radius 1 is 1.11 bits per heavy atom. The number of hydrogen-bond acceptors (Lipinski definition) is 2. The fraction of sp³-hybridized carbons (Fsp3) is 0.417. The number of benzene rings is 1. The van der Waals surface area contributed by atoms with Gasteiger partial charge in [-0.25, -0.2) is 13.2 Å². The van der Waals surface area contributed by atoms with E-state index in [1.807, 2.05) is 0 Å². The van der Waals surface area contributed by atoms with Gasteiger partial charge in [0.15, 0.2) is 17.5 Å². The summed E-state index contributed by atoms with van der Waals surface area (Å²) in [5.74, 6) is -4.91. The molecule has 0 bridgehead atoms. The molecule has 1 aliphatic rings. The van der Waals surface area contributed by atoms with E-state index in [4.69, 9.17) is 0 Å². The first kappa shape index (κ1) is 15.8. The molecule has 1 aromatic carbocycles. The van der Waals surface area contributed by atoms with Crippen LogP contribution in [0.1, 0.15) is 16.8 Å². The lowest BCUT2D eigenvalue weighted by atomic mass is 10.1. The standard InChI is InChI=1S/C12H13F3N2O.ClH/c13-9-3-2-8(10(14)11(9)15)12(18)17-6-1-4-16-5-7-17;/h2-3,16H,1,4-7H2;1H. The smallest absolute Gasteiger partial charge is 0.256 e. The first-order valence-corrected chi connectivity index (χ1v) is 5.74. The van der Waals surface area contributed by atoms with E-state index in [1.165, 1.54) is 4.90 Å². The van der Waals surface area contributed by atoms with Gasteiger partial charge in [-0.15, -0.1) is 12.4 Å². The van der Waals surface area contributed by atoms with Crippen molar-refractivity contribution >= 4 is 18.3 Å². The van der Waals surface area contributed by atoms with E-state index in [1.54, 1.807) is 0 Å². The Bertz CT molecular complexity index is 463. The summed E-state index contributed by atoms with van der Waals surface area (Å²) in [7, 11) is 0. The quantitative estimate of drug-likeness (QED) is 0.803. The summed E-state index contributed by atoms with van der Waals surface area (Å²) in [5.41, 5.74) is -0.421. The number of carbonyl (C=O) groups excluding carboxylic acids is 1. The molecule has 0 aromatic heterocycles. The maximum absolute atomic E-state index is 13.5. The molecular formula is C12H14ClF3N2O. The van der Waals surface area contributed by atoms with Crippen LogP contribution in [0.5, 0.6) is 0 Å². The Kier molecular flexibility index (Phi) is 5.62. The second kappa shape index (κ2) is 6.77. The molecule has 0 radical (unpaired) electrons. The van der Waals surface area contributed by atoms with Crippen molar-refractivity contribution in [1.29, 1.82) is 0 Å². The van der Waals surface area contributed by atoms with Gasteiger partial charge in [0.2, 0.25) is 0 Å². The molecule has 3 nitrogen and oxygen atoms in total. The van der Waals surface area contributed by atoms with Crippen molar-refractivity contribution in [3.8, 4) is 0 Å². The summed E-state index contributed by atoms with van der Waals surface area (Å²) in [5, 5.41) is 3.10. The molecule has 1 amide bonds. The van der Waals surface area contributed by atoms with Crippen LogP contribution < -0.4 is 5.32 Å². The minimum absolute atomic E-state index is 0. The highest BCUT2D eigenvalue weighted by Crippen LogP contribution is 2.17. The average molecular weight is 295 g/mol. The van der Waals surface area contributed by atoms with E-state index >= 15 is 0 Å². The van der Waals surface area contributed by atoms with Crippen LogP contribution in [0.4, 0.5) is 13.2 Å². The van der Waals surface area contributed by atoms with Crippen molar-refractivity contribution in [2.24, 2.45) is 0 Å². The minimum atomic E-state index is -1.60. The van der Waals surface area contributed by atoms with Crippen LogP contribution >= 0.6 is 12.4 Å². The number of nitrogens with one attached hydrogen (secondary N) is 1. The van der Waals surface area contributed by atoms with Gasteiger partial charge >= 0.3 is 0 Å². The van der Waals surface area contributed by atoms with Crippen molar-refractivity contribution < 1.29 is 18.0 Å². The number of carbonyl (C=O) groups is 1. The maximum atomic E-state index is 13.5. The minimum Gasteiger partial charge on any atom is -0.337 e. The summed E-state index contributed by atoms with van der Waals surface area (Å²) < 4.78 is 39.3. The van der Waals surface area contributed by atoms with Crippen LogP contribution in [0.25, 0.3) is 0 Å². The molecule has 1 saturated heterocycles. The van der Waals surface area contributed by atoms with Gasteiger partial charge in [-0.05, 0) is 25.1 Å². The van der Waals surface area contributed by atoms with Crippen molar-refractivity contribution in [2.45, 2.75) is 6.42 Å². The molecule has 0 aliphatic carbocycles. The van der Waals surface area contributed by atoms with Crippen LogP contribution in [0.2, 0.25) is 0 Å². The third kappa shape index (κ3) is 3.39. The summed E-state index contributed by atoms with van der Waals surface area (Å²) in [6.45, 7) is 2.29. The number of amides is 1. The van der Waals surface area contributed by atoms with Gasteiger partial charge in [-0.3, -0.25) is 4.79 Å². The Hall–Kier alpha value is -1.27. The highest BCUT2D eigenvalue weighted by Gasteiger charge is 2.23. The Balaban J connectivity index is 0.00000180. The van der Waals surface area contributed by atoms with E-state index in [0.717, 1.165) is 25.1 Å². The summed E-state index contributed by atoms with van der Waals surface area (Å²) in [6, 6.07) is 1.75. The van der Waals surface area contributed by atoms with Gasteiger partial charge in [-0.1, -0.05) is 0 Å². The molecule has 1 fully saturated rings. The van der Waals surface area contributed by atoms with Gasteiger partial charge in [0, 0.05) is 19.6 Å². The lowest BCUT2D eigenvalue weighted by Gasteiger charge is -2.20. The average Bonchev–Trinajstić information content (AvgIpc) is 2.64. The first-order valence-electron chi connectivity index (χ1n) is 5.74. The normalized spacial score (nSPS) is 15.6. The van der Waals surface area contributed by atoms with Gasteiger partial charge in [0.1, 0.15) is 0 Å². The molecule has 106 valence electrons. The lowest BCUT2D eigenvalue weighted by molar-refractivity contribution is 0.0760. The van der Waals surface area contributed by atoms with Crippen LogP contribution in [0.15, 0.2) is 12.1 Å².